The lowest BCUT2D eigenvalue weighted by Gasteiger charge is -2.11. The van der Waals surface area contributed by atoms with Gasteiger partial charge in [0.15, 0.2) is 5.75 Å². The van der Waals surface area contributed by atoms with Crippen molar-refractivity contribution in [2.24, 2.45) is 0 Å². The molecule has 110 valence electrons. The first-order valence-electron chi connectivity index (χ1n) is 6.82. The van der Waals surface area contributed by atoms with E-state index >= 15 is 0 Å². The molecule has 0 unspecified atom stereocenters. The van der Waals surface area contributed by atoms with Gasteiger partial charge in [-0.15, -0.1) is 0 Å². The third-order valence-electron chi connectivity index (χ3n) is 2.95. The fourth-order valence-corrected chi connectivity index (χ4v) is 2.08. The number of nitrogens with two attached hydrogens (primary N) is 1. The summed E-state index contributed by atoms with van der Waals surface area (Å²) in [7, 11) is 0. The van der Waals surface area contributed by atoms with Crippen LogP contribution in [0.25, 0.3) is 0 Å². The van der Waals surface area contributed by atoms with Crippen LogP contribution in [-0.4, -0.2) is 12.6 Å². The van der Waals surface area contributed by atoms with E-state index in [1.54, 1.807) is 25.1 Å². The Labute approximate surface area is 124 Å². The first-order valence-corrected chi connectivity index (χ1v) is 6.82. The number of hydrogen-bond donors (Lipinski definition) is 1. The van der Waals surface area contributed by atoms with Gasteiger partial charge in [0.1, 0.15) is 5.75 Å². The predicted octanol–water partition coefficient (Wildman–Crippen LogP) is 3.85. The zero-order valence-electron chi connectivity index (χ0n) is 12.5. The summed E-state index contributed by atoms with van der Waals surface area (Å²) in [6, 6.07) is 10.8. The van der Waals surface area contributed by atoms with E-state index in [0.29, 0.717) is 29.4 Å². The number of benzene rings is 2. The van der Waals surface area contributed by atoms with Crippen LogP contribution in [0.5, 0.6) is 11.5 Å². The van der Waals surface area contributed by atoms with Crippen LogP contribution in [0.15, 0.2) is 36.4 Å². The minimum Gasteiger partial charge on any atom is -0.462 e. The molecule has 2 aromatic carbocycles. The van der Waals surface area contributed by atoms with E-state index in [0.717, 1.165) is 11.1 Å². The maximum atomic E-state index is 11.8. The molecule has 21 heavy (non-hydrogen) atoms. The first-order chi connectivity index (χ1) is 9.99. The molecule has 0 aliphatic heterocycles. The molecule has 0 aliphatic carbocycles. The van der Waals surface area contributed by atoms with Gasteiger partial charge in [0.25, 0.3) is 0 Å². The summed E-state index contributed by atoms with van der Waals surface area (Å²) in [5.41, 5.74) is 9.01. The van der Waals surface area contributed by atoms with E-state index in [1.807, 2.05) is 26.0 Å². The Morgan fingerprint density at radius 1 is 1.10 bits per heavy atom. The van der Waals surface area contributed by atoms with Gasteiger partial charge in [-0.25, -0.2) is 4.79 Å². The molecular formula is C17H19NO3. The van der Waals surface area contributed by atoms with E-state index in [-0.39, 0.29) is 5.97 Å². The lowest BCUT2D eigenvalue weighted by atomic mass is 10.1. The number of esters is 1. The minimum absolute atomic E-state index is 0.330. The summed E-state index contributed by atoms with van der Waals surface area (Å²) in [6.07, 6.45) is 0. The van der Waals surface area contributed by atoms with Gasteiger partial charge < -0.3 is 15.2 Å². The van der Waals surface area contributed by atoms with Gasteiger partial charge in [0.05, 0.1) is 17.9 Å². The SMILES string of the molecule is CCOC(=O)c1ccc(N)c(Oc2cc(C)cc(C)c2)c1. The molecule has 0 aromatic heterocycles. The van der Waals surface area contributed by atoms with Crippen LogP contribution in [0.3, 0.4) is 0 Å². The number of ether oxygens (including phenoxy) is 2. The Balaban J connectivity index is 2.30. The zero-order chi connectivity index (χ0) is 15.4. The lowest BCUT2D eigenvalue weighted by Crippen LogP contribution is -2.05. The summed E-state index contributed by atoms with van der Waals surface area (Å²) < 4.78 is 10.8. The highest BCUT2D eigenvalue weighted by atomic mass is 16.5. The molecule has 0 bridgehead atoms. The van der Waals surface area contributed by atoms with Crippen molar-refractivity contribution in [2.45, 2.75) is 20.8 Å². The van der Waals surface area contributed by atoms with Crippen molar-refractivity contribution < 1.29 is 14.3 Å². The van der Waals surface area contributed by atoms with Crippen LogP contribution < -0.4 is 10.5 Å². The maximum absolute atomic E-state index is 11.8. The minimum atomic E-state index is -0.386. The number of rotatable bonds is 4. The van der Waals surface area contributed by atoms with Crippen molar-refractivity contribution in [1.82, 2.24) is 0 Å². The molecule has 4 heteroatoms. The Morgan fingerprint density at radius 2 is 1.76 bits per heavy atom. The van der Waals surface area contributed by atoms with Crippen molar-refractivity contribution in [1.29, 1.82) is 0 Å². The molecule has 0 radical (unpaired) electrons. The molecule has 2 N–H and O–H groups in total. The average Bonchev–Trinajstić information content (AvgIpc) is 2.40. The number of hydrogen-bond acceptors (Lipinski definition) is 4. The molecule has 0 amide bonds. The van der Waals surface area contributed by atoms with Crippen molar-refractivity contribution >= 4 is 11.7 Å². The standard InChI is InChI=1S/C17H19NO3/c1-4-20-17(19)13-5-6-15(18)16(10-13)21-14-8-11(2)7-12(3)9-14/h5-10H,4,18H2,1-3H3. The molecular weight excluding hydrogens is 266 g/mol. The third-order valence-corrected chi connectivity index (χ3v) is 2.95. The van der Waals surface area contributed by atoms with Gasteiger partial charge >= 0.3 is 5.97 Å². The van der Waals surface area contributed by atoms with E-state index in [4.69, 9.17) is 15.2 Å². The van der Waals surface area contributed by atoms with Crippen LogP contribution in [0.2, 0.25) is 0 Å². The Morgan fingerprint density at radius 3 is 2.38 bits per heavy atom. The molecule has 0 spiro atoms. The van der Waals surface area contributed by atoms with E-state index in [1.165, 1.54) is 0 Å². The van der Waals surface area contributed by atoms with Gasteiger partial charge in [-0.2, -0.15) is 0 Å². The Hall–Kier alpha value is -2.49. The van der Waals surface area contributed by atoms with Crippen molar-refractivity contribution in [3.05, 3.63) is 53.1 Å². The molecule has 2 rings (SSSR count). The highest BCUT2D eigenvalue weighted by Crippen LogP contribution is 2.29. The summed E-state index contributed by atoms with van der Waals surface area (Å²) in [5, 5.41) is 0. The molecule has 0 aliphatic rings. The number of carbonyl (C=O) groups excluding carboxylic acids is 1. The fraction of sp³-hybridized carbons (Fsp3) is 0.235. The smallest absolute Gasteiger partial charge is 0.338 e. The normalized spacial score (nSPS) is 10.2. The topological polar surface area (TPSA) is 61.5 Å². The summed E-state index contributed by atoms with van der Waals surface area (Å²) >= 11 is 0. The van der Waals surface area contributed by atoms with Crippen molar-refractivity contribution in [2.75, 3.05) is 12.3 Å². The first kappa shape index (κ1) is 14.9. The number of carbonyl (C=O) groups is 1. The zero-order valence-corrected chi connectivity index (χ0v) is 12.5. The predicted molar refractivity (Wildman–Crippen MR) is 82.8 cm³/mol. The van der Waals surface area contributed by atoms with E-state index in [9.17, 15) is 4.79 Å². The summed E-state index contributed by atoms with van der Waals surface area (Å²) in [5.74, 6) is 0.758. The van der Waals surface area contributed by atoms with Crippen molar-refractivity contribution in [3.8, 4) is 11.5 Å². The molecule has 0 atom stereocenters. The van der Waals surface area contributed by atoms with E-state index < -0.39 is 0 Å². The van der Waals surface area contributed by atoms with E-state index in [2.05, 4.69) is 6.07 Å². The van der Waals surface area contributed by atoms with Gasteiger partial charge in [-0.3, -0.25) is 0 Å². The fourth-order valence-electron chi connectivity index (χ4n) is 2.08. The van der Waals surface area contributed by atoms with Crippen molar-refractivity contribution in [3.63, 3.8) is 0 Å². The summed E-state index contributed by atoms with van der Waals surface area (Å²) in [4.78, 5) is 11.8. The van der Waals surface area contributed by atoms with Crippen LogP contribution in [0.4, 0.5) is 5.69 Å². The Kier molecular flexibility index (Phi) is 4.48. The monoisotopic (exact) mass is 285 g/mol. The van der Waals surface area contributed by atoms with Crippen LogP contribution in [0, 0.1) is 13.8 Å². The van der Waals surface area contributed by atoms with Gasteiger partial charge in [-0.1, -0.05) is 6.07 Å². The largest absolute Gasteiger partial charge is 0.462 e. The Bertz CT molecular complexity index is 645. The van der Waals surface area contributed by atoms with Crippen LogP contribution >= 0.6 is 0 Å². The van der Waals surface area contributed by atoms with Crippen LogP contribution in [-0.2, 0) is 4.74 Å². The second-order valence-corrected chi connectivity index (χ2v) is 4.90. The molecule has 2 aromatic rings. The van der Waals surface area contributed by atoms with Gasteiger partial charge in [0.2, 0.25) is 0 Å². The molecule has 0 saturated heterocycles. The molecule has 0 fully saturated rings. The number of nitrogen functional groups attached to an aromatic ring is 1. The van der Waals surface area contributed by atoms with Gasteiger partial charge in [0, 0.05) is 0 Å². The lowest BCUT2D eigenvalue weighted by molar-refractivity contribution is 0.0526. The van der Waals surface area contributed by atoms with Gasteiger partial charge in [-0.05, 0) is 62.2 Å². The maximum Gasteiger partial charge on any atom is 0.338 e. The second-order valence-electron chi connectivity index (χ2n) is 4.90. The molecule has 4 nitrogen and oxygen atoms in total. The molecule has 0 heterocycles. The summed E-state index contributed by atoms with van der Waals surface area (Å²) in [6.45, 7) is 6.09. The number of aryl methyl sites for hydroxylation is 2. The third kappa shape index (κ3) is 3.75. The highest BCUT2D eigenvalue weighted by Gasteiger charge is 2.11. The quantitative estimate of drug-likeness (QED) is 0.684. The molecule has 0 saturated carbocycles. The number of anilines is 1. The highest BCUT2D eigenvalue weighted by molar-refractivity contribution is 5.90. The van der Waals surface area contributed by atoms with Crippen LogP contribution in [0.1, 0.15) is 28.4 Å². The average molecular weight is 285 g/mol. The second kappa shape index (κ2) is 6.31.